The van der Waals surface area contributed by atoms with Crippen molar-refractivity contribution < 1.29 is 4.79 Å². The fraction of sp³-hybridized carbons (Fsp3) is 0.400. The zero-order valence-corrected chi connectivity index (χ0v) is 7.94. The van der Waals surface area contributed by atoms with Gasteiger partial charge in [-0.05, 0) is 25.0 Å². The van der Waals surface area contributed by atoms with Crippen molar-refractivity contribution in [2.24, 2.45) is 0 Å². The van der Waals surface area contributed by atoms with E-state index >= 15 is 0 Å². The minimum absolute atomic E-state index is 0.0469. The van der Waals surface area contributed by atoms with Crippen molar-refractivity contribution in [3.8, 4) is 0 Å². The first-order valence-corrected chi connectivity index (χ1v) is 4.82. The molecule has 0 unspecified atom stereocenters. The quantitative estimate of drug-likeness (QED) is 0.752. The molecule has 4 heteroatoms. The molecule has 1 saturated heterocycles. The molecule has 1 aliphatic rings. The molecular weight excluding hydrogens is 178 g/mol. The maximum atomic E-state index is 11.6. The van der Waals surface area contributed by atoms with Crippen molar-refractivity contribution in [3.63, 3.8) is 0 Å². The second-order valence-electron chi connectivity index (χ2n) is 3.37. The molecule has 1 N–H and O–H groups in total. The number of amides is 1. The highest BCUT2D eigenvalue weighted by molar-refractivity contribution is 5.93. The molecule has 14 heavy (non-hydrogen) atoms. The third kappa shape index (κ3) is 2.09. The number of nitrogens with one attached hydrogen (secondary N) is 1. The van der Waals surface area contributed by atoms with E-state index in [1.165, 1.54) is 0 Å². The molecule has 0 bridgehead atoms. The third-order valence-corrected chi connectivity index (χ3v) is 2.31. The number of rotatable bonds is 2. The van der Waals surface area contributed by atoms with Crippen LogP contribution in [0.2, 0.25) is 0 Å². The van der Waals surface area contributed by atoms with E-state index in [0.29, 0.717) is 5.56 Å². The van der Waals surface area contributed by atoms with Crippen LogP contribution < -0.4 is 5.43 Å². The van der Waals surface area contributed by atoms with Crippen molar-refractivity contribution >= 4 is 5.91 Å². The zero-order valence-electron chi connectivity index (χ0n) is 7.94. The lowest BCUT2D eigenvalue weighted by Gasteiger charge is -2.15. The first-order chi connectivity index (χ1) is 6.86. The number of carbonyl (C=O) groups excluding carboxylic acids is 1. The highest BCUT2D eigenvalue weighted by Gasteiger charge is 2.14. The van der Waals surface area contributed by atoms with E-state index in [9.17, 15) is 4.79 Å². The molecule has 0 saturated carbocycles. The molecule has 4 nitrogen and oxygen atoms in total. The van der Waals surface area contributed by atoms with Crippen LogP contribution in [-0.2, 0) is 0 Å². The summed E-state index contributed by atoms with van der Waals surface area (Å²) in [5, 5.41) is 1.96. The van der Waals surface area contributed by atoms with Gasteiger partial charge in [-0.2, -0.15) is 0 Å². The van der Waals surface area contributed by atoms with E-state index in [1.54, 1.807) is 24.5 Å². The van der Waals surface area contributed by atoms with Crippen LogP contribution in [0.15, 0.2) is 24.5 Å². The van der Waals surface area contributed by atoms with Gasteiger partial charge in [0, 0.05) is 31.0 Å². The van der Waals surface area contributed by atoms with E-state index in [4.69, 9.17) is 0 Å². The van der Waals surface area contributed by atoms with Gasteiger partial charge >= 0.3 is 0 Å². The molecule has 1 aromatic rings. The Morgan fingerprint density at radius 3 is 2.57 bits per heavy atom. The zero-order chi connectivity index (χ0) is 9.80. The van der Waals surface area contributed by atoms with Crippen LogP contribution in [0.3, 0.4) is 0 Å². The molecule has 1 amide bonds. The van der Waals surface area contributed by atoms with E-state index in [1.807, 2.05) is 5.01 Å². The summed E-state index contributed by atoms with van der Waals surface area (Å²) in [6.45, 7) is 1.91. The number of aromatic nitrogens is 1. The standard InChI is InChI=1S/C10H13N3O/c14-10(9-3-5-11-6-4-9)12-13-7-1-2-8-13/h3-6H,1-2,7-8H2,(H,12,14). The van der Waals surface area contributed by atoms with Gasteiger partial charge in [0.2, 0.25) is 0 Å². The Bertz CT molecular complexity index is 306. The Morgan fingerprint density at radius 2 is 1.93 bits per heavy atom. The molecule has 0 aliphatic carbocycles. The highest BCUT2D eigenvalue weighted by Crippen LogP contribution is 2.05. The monoisotopic (exact) mass is 191 g/mol. The van der Waals surface area contributed by atoms with Crippen LogP contribution in [0.1, 0.15) is 23.2 Å². The van der Waals surface area contributed by atoms with Gasteiger partial charge in [0.15, 0.2) is 0 Å². The Hall–Kier alpha value is -1.42. The molecule has 0 spiro atoms. The highest BCUT2D eigenvalue weighted by atomic mass is 16.2. The summed E-state index contributed by atoms with van der Waals surface area (Å²) in [5.74, 6) is -0.0469. The molecule has 2 rings (SSSR count). The van der Waals surface area contributed by atoms with Crippen molar-refractivity contribution in [2.75, 3.05) is 13.1 Å². The van der Waals surface area contributed by atoms with Gasteiger partial charge in [-0.15, -0.1) is 0 Å². The second kappa shape index (κ2) is 4.19. The van der Waals surface area contributed by atoms with Gasteiger partial charge < -0.3 is 0 Å². The van der Waals surface area contributed by atoms with Crippen LogP contribution in [0.5, 0.6) is 0 Å². The lowest BCUT2D eigenvalue weighted by Crippen LogP contribution is -2.39. The number of nitrogens with zero attached hydrogens (tertiary/aromatic N) is 2. The SMILES string of the molecule is O=C(NN1CCCC1)c1ccncc1. The number of hydrogen-bond acceptors (Lipinski definition) is 3. The van der Waals surface area contributed by atoms with E-state index in [-0.39, 0.29) is 5.91 Å². The predicted octanol–water partition coefficient (Wildman–Crippen LogP) is 0.822. The summed E-state index contributed by atoms with van der Waals surface area (Å²) < 4.78 is 0. The molecule has 1 aliphatic heterocycles. The summed E-state index contributed by atoms with van der Waals surface area (Å²) in [4.78, 5) is 15.5. The fourth-order valence-electron chi connectivity index (χ4n) is 1.54. The fourth-order valence-corrected chi connectivity index (χ4v) is 1.54. The van der Waals surface area contributed by atoms with E-state index in [0.717, 1.165) is 25.9 Å². The molecular formula is C10H13N3O. The Kier molecular flexibility index (Phi) is 2.74. The van der Waals surface area contributed by atoms with Crippen molar-refractivity contribution in [1.29, 1.82) is 0 Å². The van der Waals surface area contributed by atoms with Crippen molar-refractivity contribution in [3.05, 3.63) is 30.1 Å². The maximum Gasteiger partial charge on any atom is 0.265 e. The van der Waals surface area contributed by atoms with Crippen molar-refractivity contribution in [1.82, 2.24) is 15.4 Å². The number of carbonyl (C=O) groups is 1. The van der Waals surface area contributed by atoms with E-state index < -0.39 is 0 Å². The van der Waals surface area contributed by atoms with Gasteiger partial charge in [0.25, 0.3) is 5.91 Å². The molecule has 0 radical (unpaired) electrons. The second-order valence-corrected chi connectivity index (χ2v) is 3.37. The van der Waals surface area contributed by atoms with Crippen LogP contribution in [0.4, 0.5) is 0 Å². The molecule has 1 aromatic heterocycles. The largest absolute Gasteiger partial charge is 0.285 e. The predicted molar refractivity (Wildman–Crippen MR) is 52.5 cm³/mol. The summed E-state index contributed by atoms with van der Waals surface area (Å²) in [5.41, 5.74) is 3.52. The van der Waals surface area contributed by atoms with Crippen LogP contribution in [0, 0.1) is 0 Å². The number of hydrazine groups is 1. The van der Waals surface area contributed by atoms with Crippen LogP contribution in [-0.4, -0.2) is 29.0 Å². The lowest BCUT2D eigenvalue weighted by molar-refractivity contribution is 0.0826. The topological polar surface area (TPSA) is 45.2 Å². The van der Waals surface area contributed by atoms with Gasteiger partial charge in [0.1, 0.15) is 0 Å². The molecule has 74 valence electrons. The Morgan fingerprint density at radius 1 is 1.29 bits per heavy atom. The molecule has 0 atom stereocenters. The number of hydrogen-bond donors (Lipinski definition) is 1. The van der Waals surface area contributed by atoms with Gasteiger partial charge in [-0.1, -0.05) is 0 Å². The maximum absolute atomic E-state index is 11.6. The summed E-state index contributed by atoms with van der Waals surface area (Å²) in [7, 11) is 0. The molecule has 1 fully saturated rings. The smallest absolute Gasteiger partial charge is 0.265 e. The summed E-state index contributed by atoms with van der Waals surface area (Å²) >= 11 is 0. The molecule has 2 heterocycles. The van der Waals surface area contributed by atoms with Gasteiger partial charge in [-0.3, -0.25) is 15.2 Å². The van der Waals surface area contributed by atoms with Crippen LogP contribution >= 0.6 is 0 Å². The summed E-state index contributed by atoms with van der Waals surface area (Å²) in [6, 6.07) is 3.43. The third-order valence-electron chi connectivity index (χ3n) is 2.31. The van der Waals surface area contributed by atoms with Gasteiger partial charge in [0.05, 0.1) is 0 Å². The van der Waals surface area contributed by atoms with Gasteiger partial charge in [-0.25, -0.2) is 5.01 Å². The Balaban J connectivity index is 1.95. The van der Waals surface area contributed by atoms with Crippen LogP contribution in [0.25, 0.3) is 0 Å². The first kappa shape index (κ1) is 9.15. The average molecular weight is 191 g/mol. The normalized spacial score (nSPS) is 16.9. The van der Waals surface area contributed by atoms with Crippen molar-refractivity contribution in [2.45, 2.75) is 12.8 Å². The average Bonchev–Trinajstić information content (AvgIpc) is 2.72. The lowest BCUT2D eigenvalue weighted by atomic mass is 10.2. The van der Waals surface area contributed by atoms with E-state index in [2.05, 4.69) is 10.4 Å². The minimum atomic E-state index is -0.0469. The first-order valence-electron chi connectivity index (χ1n) is 4.82. The summed E-state index contributed by atoms with van der Waals surface area (Å²) in [6.07, 6.45) is 5.57. The molecule has 0 aromatic carbocycles. The number of pyridine rings is 1. The Labute approximate surface area is 82.9 Å². The minimum Gasteiger partial charge on any atom is -0.285 e.